The number of pyridine rings is 1. The van der Waals surface area contributed by atoms with E-state index >= 15 is 0 Å². The van der Waals surface area contributed by atoms with E-state index in [9.17, 15) is 4.79 Å². The summed E-state index contributed by atoms with van der Waals surface area (Å²) in [6.07, 6.45) is 2.34. The van der Waals surface area contributed by atoms with Gasteiger partial charge in [0.15, 0.2) is 5.15 Å². The third-order valence-electron chi connectivity index (χ3n) is 3.02. The second-order valence-corrected chi connectivity index (χ2v) is 4.96. The van der Waals surface area contributed by atoms with E-state index in [2.05, 4.69) is 15.6 Å². The Morgan fingerprint density at radius 2 is 2.27 bits per heavy atom. The maximum Gasteiger partial charge on any atom is 0.320 e. The summed E-state index contributed by atoms with van der Waals surface area (Å²) in [6, 6.07) is 6.28. The molecule has 2 rings (SSSR count). The zero-order valence-corrected chi connectivity index (χ0v) is 13.2. The quantitative estimate of drug-likeness (QED) is 0.799. The molecule has 1 atom stereocenters. The van der Waals surface area contributed by atoms with E-state index < -0.39 is 6.03 Å². The molecule has 2 aromatic rings. The number of nitrogens with zero attached hydrogens (tertiary/aromatic N) is 1. The molecule has 2 aromatic heterocycles. The number of aryl methyl sites for hydroxylation is 1. The van der Waals surface area contributed by atoms with Crippen molar-refractivity contribution >= 4 is 23.3 Å². The van der Waals surface area contributed by atoms with Crippen molar-refractivity contribution in [2.45, 2.75) is 19.4 Å². The van der Waals surface area contributed by atoms with Crippen LogP contribution in [-0.2, 0) is 11.2 Å². The lowest BCUT2D eigenvalue weighted by Crippen LogP contribution is -2.34. The van der Waals surface area contributed by atoms with Crippen molar-refractivity contribution in [3.8, 4) is 0 Å². The predicted octanol–water partition coefficient (Wildman–Crippen LogP) is 3.40. The molecule has 0 aliphatic heterocycles. The largest absolute Gasteiger partial charge is 0.464 e. The molecular formula is C15H18ClN3O3. The minimum absolute atomic E-state index is 0.229. The summed E-state index contributed by atoms with van der Waals surface area (Å²) in [5.41, 5.74) is 0.437. The first kappa shape index (κ1) is 16.3. The van der Waals surface area contributed by atoms with Gasteiger partial charge in [0, 0.05) is 19.7 Å². The molecule has 0 spiro atoms. The Bertz CT molecular complexity index is 630. The molecule has 22 heavy (non-hydrogen) atoms. The molecule has 2 amide bonds. The molecule has 0 aromatic carbocycles. The number of ether oxygens (including phenoxy) is 1. The van der Waals surface area contributed by atoms with Crippen LogP contribution in [0.1, 0.15) is 24.5 Å². The highest BCUT2D eigenvalue weighted by Gasteiger charge is 2.18. The number of amides is 2. The van der Waals surface area contributed by atoms with Crippen LogP contribution < -0.4 is 10.6 Å². The number of hydrogen-bond acceptors (Lipinski definition) is 4. The third kappa shape index (κ3) is 4.22. The van der Waals surface area contributed by atoms with Crippen LogP contribution in [0.4, 0.5) is 10.5 Å². The Morgan fingerprint density at radius 1 is 1.45 bits per heavy atom. The molecule has 0 aliphatic rings. The van der Waals surface area contributed by atoms with Crippen LogP contribution in [0, 0.1) is 0 Å². The van der Waals surface area contributed by atoms with Crippen LogP contribution in [-0.4, -0.2) is 24.7 Å². The van der Waals surface area contributed by atoms with Gasteiger partial charge in [-0.1, -0.05) is 18.5 Å². The van der Waals surface area contributed by atoms with E-state index in [0.717, 1.165) is 12.2 Å². The number of carbonyl (C=O) groups excluding carboxylic acids is 1. The van der Waals surface area contributed by atoms with Crippen LogP contribution >= 0.6 is 11.6 Å². The summed E-state index contributed by atoms with van der Waals surface area (Å²) in [5.74, 6) is 1.50. The van der Waals surface area contributed by atoms with E-state index in [1.165, 1.54) is 0 Å². The number of aromatic nitrogens is 1. The smallest absolute Gasteiger partial charge is 0.320 e. The van der Waals surface area contributed by atoms with Gasteiger partial charge in [0.1, 0.15) is 17.6 Å². The van der Waals surface area contributed by atoms with Gasteiger partial charge in [-0.25, -0.2) is 9.78 Å². The second kappa shape index (κ2) is 7.82. The van der Waals surface area contributed by atoms with Gasteiger partial charge in [-0.3, -0.25) is 0 Å². The molecule has 0 bridgehead atoms. The molecule has 7 heteroatoms. The Hall–Kier alpha value is -2.05. The van der Waals surface area contributed by atoms with E-state index in [0.29, 0.717) is 18.1 Å². The van der Waals surface area contributed by atoms with E-state index in [1.807, 2.05) is 19.1 Å². The Morgan fingerprint density at radius 3 is 2.91 bits per heavy atom. The van der Waals surface area contributed by atoms with E-state index in [-0.39, 0.29) is 11.2 Å². The number of urea groups is 1. The van der Waals surface area contributed by atoms with Crippen molar-refractivity contribution in [2.24, 2.45) is 0 Å². The monoisotopic (exact) mass is 323 g/mol. The maximum atomic E-state index is 12.1. The van der Waals surface area contributed by atoms with Crippen molar-refractivity contribution in [1.82, 2.24) is 10.3 Å². The summed E-state index contributed by atoms with van der Waals surface area (Å²) < 4.78 is 10.8. The highest BCUT2D eigenvalue weighted by Crippen LogP contribution is 2.20. The molecule has 118 valence electrons. The average molecular weight is 324 g/mol. The van der Waals surface area contributed by atoms with Gasteiger partial charge in [0.2, 0.25) is 0 Å². The van der Waals surface area contributed by atoms with Crippen molar-refractivity contribution in [3.05, 3.63) is 47.1 Å². The Kier molecular flexibility index (Phi) is 5.80. The number of nitrogens with one attached hydrogen (secondary N) is 2. The SMILES string of the molecule is CCc1ccc(C(COC)NC(=O)Nc2cccnc2Cl)o1. The average Bonchev–Trinajstić information content (AvgIpc) is 2.98. The lowest BCUT2D eigenvalue weighted by atomic mass is 10.2. The molecule has 0 aliphatic carbocycles. The van der Waals surface area contributed by atoms with Crippen LogP contribution in [0.25, 0.3) is 0 Å². The van der Waals surface area contributed by atoms with Gasteiger partial charge in [0.25, 0.3) is 0 Å². The van der Waals surface area contributed by atoms with Crippen molar-refractivity contribution in [1.29, 1.82) is 0 Å². The first-order valence-electron chi connectivity index (χ1n) is 6.89. The zero-order chi connectivity index (χ0) is 15.9. The number of anilines is 1. The fourth-order valence-electron chi connectivity index (χ4n) is 1.93. The van der Waals surface area contributed by atoms with Gasteiger partial charge in [-0.2, -0.15) is 0 Å². The fraction of sp³-hybridized carbons (Fsp3) is 0.333. The molecule has 0 saturated carbocycles. The third-order valence-corrected chi connectivity index (χ3v) is 3.32. The number of hydrogen-bond donors (Lipinski definition) is 2. The number of rotatable bonds is 6. The van der Waals surface area contributed by atoms with E-state index in [4.69, 9.17) is 20.8 Å². The van der Waals surface area contributed by atoms with Gasteiger partial charge >= 0.3 is 6.03 Å². The van der Waals surface area contributed by atoms with Crippen molar-refractivity contribution < 1.29 is 13.9 Å². The molecule has 1 unspecified atom stereocenters. The minimum Gasteiger partial charge on any atom is -0.464 e. The predicted molar refractivity (Wildman–Crippen MR) is 84.1 cm³/mol. The molecular weight excluding hydrogens is 306 g/mol. The summed E-state index contributed by atoms with van der Waals surface area (Å²) in [7, 11) is 1.56. The summed E-state index contributed by atoms with van der Waals surface area (Å²) in [6.45, 7) is 2.29. The van der Waals surface area contributed by atoms with Gasteiger partial charge in [0.05, 0.1) is 12.3 Å². The molecule has 0 saturated heterocycles. The number of halogens is 1. The number of furan rings is 1. The summed E-state index contributed by atoms with van der Waals surface area (Å²) >= 11 is 5.91. The van der Waals surface area contributed by atoms with Gasteiger partial charge in [-0.15, -0.1) is 0 Å². The lowest BCUT2D eigenvalue weighted by Gasteiger charge is -2.16. The Balaban J connectivity index is 2.04. The second-order valence-electron chi connectivity index (χ2n) is 4.61. The van der Waals surface area contributed by atoms with Crippen molar-refractivity contribution in [3.63, 3.8) is 0 Å². The molecule has 2 N–H and O–H groups in total. The van der Waals surface area contributed by atoms with Crippen LogP contribution in [0.2, 0.25) is 5.15 Å². The standard InChI is InChI=1S/C15H18ClN3O3/c1-3-10-6-7-13(22-10)12(9-21-2)19-15(20)18-11-5-4-8-17-14(11)16/h4-8,12H,3,9H2,1-2H3,(H2,18,19,20). The first-order chi connectivity index (χ1) is 10.6. The summed E-state index contributed by atoms with van der Waals surface area (Å²) in [4.78, 5) is 16.0. The fourth-order valence-corrected chi connectivity index (χ4v) is 2.10. The van der Waals surface area contributed by atoms with Crippen LogP contribution in [0.5, 0.6) is 0 Å². The zero-order valence-electron chi connectivity index (χ0n) is 12.4. The number of methoxy groups -OCH3 is 1. The topological polar surface area (TPSA) is 76.4 Å². The Labute approximate surface area is 133 Å². The molecule has 6 nitrogen and oxygen atoms in total. The molecule has 2 heterocycles. The highest BCUT2D eigenvalue weighted by atomic mass is 35.5. The highest BCUT2D eigenvalue weighted by molar-refractivity contribution is 6.32. The summed E-state index contributed by atoms with van der Waals surface area (Å²) in [5, 5.41) is 5.67. The van der Waals surface area contributed by atoms with Crippen molar-refractivity contribution in [2.75, 3.05) is 19.0 Å². The minimum atomic E-state index is -0.411. The van der Waals surface area contributed by atoms with Gasteiger partial charge in [-0.05, 0) is 24.3 Å². The maximum absolute atomic E-state index is 12.1. The molecule has 0 fully saturated rings. The first-order valence-corrected chi connectivity index (χ1v) is 7.27. The normalized spacial score (nSPS) is 12.0. The number of carbonyl (C=O) groups is 1. The van der Waals surface area contributed by atoms with Crippen LogP contribution in [0.15, 0.2) is 34.9 Å². The van der Waals surface area contributed by atoms with E-state index in [1.54, 1.807) is 25.4 Å². The lowest BCUT2D eigenvalue weighted by molar-refractivity contribution is 0.158. The molecule has 0 radical (unpaired) electrons. The van der Waals surface area contributed by atoms with Gasteiger partial charge < -0.3 is 19.8 Å². The van der Waals surface area contributed by atoms with Crippen LogP contribution in [0.3, 0.4) is 0 Å².